The highest BCUT2D eigenvalue weighted by atomic mass is 16.5. The van der Waals surface area contributed by atoms with Crippen LogP contribution in [0.1, 0.15) is 31.7 Å². The Kier molecular flexibility index (Phi) is 3.69. The highest BCUT2D eigenvalue weighted by molar-refractivity contribution is 5.32. The molecule has 1 heterocycles. The average Bonchev–Trinajstić information content (AvgIpc) is 2.81. The number of benzene rings is 1. The van der Waals surface area contributed by atoms with Crippen LogP contribution in [-0.2, 0) is 5.60 Å². The Hall–Kier alpha value is -1.06. The fraction of sp³-hybridized carbons (Fsp3) is 0.571. The second-order valence-corrected chi connectivity index (χ2v) is 5.00. The lowest BCUT2D eigenvalue weighted by Crippen LogP contribution is -2.32. The molecule has 3 heteroatoms. The van der Waals surface area contributed by atoms with E-state index < -0.39 is 5.60 Å². The first kappa shape index (κ1) is 12.4. The largest absolute Gasteiger partial charge is 0.497 e. The highest BCUT2D eigenvalue weighted by Gasteiger charge is 2.29. The normalized spacial score (nSPS) is 23.4. The van der Waals surface area contributed by atoms with E-state index in [4.69, 9.17) is 4.74 Å². The van der Waals surface area contributed by atoms with Gasteiger partial charge in [0.05, 0.1) is 12.7 Å². The molecule has 0 aromatic heterocycles. The van der Waals surface area contributed by atoms with E-state index in [0.717, 1.165) is 30.7 Å². The van der Waals surface area contributed by atoms with Gasteiger partial charge < -0.3 is 15.2 Å². The van der Waals surface area contributed by atoms with E-state index in [1.165, 1.54) is 6.42 Å². The maximum absolute atomic E-state index is 10.6. The fourth-order valence-electron chi connectivity index (χ4n) is 2.49. The number of nitrogens with one attached hydrogen (secondary N) is 1. The molecule has 2 rings (SSSR count). The Balaban J connectivity index is 2.11. The van der Waals surface area contributed by atoms with Crippen LogP contribution in [0.3, 0.4) is 0 Å². The third-order valence-corrected chi connectivity index (χ3v) is 3.50. The summed E-state index contributed by atoms with van der Waals surface area (Å²) in [6.45, 7) is 2.95. The predicted octanol–water partition coefficient (Wildman–Crippen LogP) is 2.04. The molecule has 1 aromatic rings. The lowest BCUT2D eigenvalue weighted by molar-refractivity contribution is 0.0383. The van der Waals surface area contributed by atoms with Crippen molar-refractivity contribution in [2.45, 2.75) is 37.8 Å². The molecule has 0 radical (unpaired) electrons. The van der Waals surface area contributed by atoms with E-state index in [0.29, 0.717) is 6.04 Å². The van der Waals surface area contributed by atoms with E-state index >= 15 is 0 Å². The van der Waals surface area contributed by atoms with Crippen LogP contribution in [0.4, 0.5) is 0 Å². The number of methoxy groups -OCH3 is 1. The smallest absolute Gasteiger partial charge is 0.119 e. The van der Waals surface area contributed by atoms with E-state index in [-0.39, 0.29) is 0 Å². The Bertz CT molecular complexity index is 370. The van der Waals surface area contributed by atoms with Crippen LogP contribution < -0.4 is 10.1 Å². The first-order chi connectivity index (χ1) is 8.12. The molecule has 1 aromatic carbocycles. The minimum absolute atomic E-state index is 0.427. The van der Waals surface area contributed by atoms with Crippen LogP contribution in [0.2, 0.25) is 0 Å². The van der Waals surface area contributed by atoms with Gasteiger partial charge in [0.2, 0.25) is 0 Å². The number of hydrogen-bond acceptors (Lipinski definition) is 3. The summed E-state index contributed by atoms with van der Waals surface area (Å²) in [5.74, 6) is 0.794. The van der Waals surface area contributed by atoms with Crippen LogP contribution in [0, 0.1) is 0 Å². The second kappa shape index (κ2) is 5.07. The molecule has 2 unspecified atom stereocenters. The van der Waals surface area contributed by atoms with E-state index in [9.17, 15) is 5.11 Å². The molecule has 0 saturated carbocycles. The third kappa shape index (κ3) is 2.99. The summed E-state index contributed by atoms with van der Waals surface area (Å²) >= 11 is 0. The van der Waals surface area contributed by atoms with Gasteiger partial charge in [-0.25, -0.2) is 0 Å². The third-order valence-electron chi connectivity index (χ3n) is 3.50. The number of rotatable bonds is 4. The fourth-order valence-corrected chi connectivity index (χ4v) is 2.49. The first-order valence-corrected chi connectivity index (χ1v) is 6.22. The van der Waals surface area contributed by atoms with Crippen LogP contribution in [0.25, 0.3) is 0 Å². The molecule has 17 heavy (non-hydrogen) atoms. The number of ether oxygens (including phenoxy) is 1. The summed E-state index contributed by atoms with van der Waals surface area (Å²) in [5.41, 5.74) is 0.127. The predicted molar refractivity (Wildman–Crippen MR) is 68.2 cm³/mol. The van der Waals surface area contributed by atoms with Gasteiger partial charge in [0.1, 0.15) is 5.75 Å². The van der Waals surface area contributed by atoms with Gasteiger partial charge in [-0.1, -0.05) is 12.1 Å². The van der Waals surface area contributed by atoms with Gasteiger partial charge in [-0.3, -0.25) is 0 Å². The Morgan fingerprint density at radius 2 is 2.35 bits per heavy atom. The van der Waals surface area contributed by atoms with Gasteiger partial charge in [-0.05, 0) is 50.4 Å². The molecule has 0 spiro atoms. The summed E-state index contributed by atoms with van der Waals surface area (Å²) in [6.07, 6.45) is 3.11. The maximum Gasteiger partial charge on any atom is 0.119 e. The highest BCUT2D eigenvalue weighted by Crippen LogP contribution is 2.30. The Morgan fingerprint density at radius 3 is 3.00 bits per heavy atom. The van der Waals surface area contributed by atoms with Crippen molar-refractivity contribution in [1.82, 2.24) is 5.32 Å². The van der Waals surface area contributed by atoms with E-state index in [2.05, 4.69) is 5.32 Å². The molecular formula is C14H21NO2. The van der Waals surface area contributed by atoms with Crippen LogP contribution >= 0.6 is 0 Å². The standard InChI is InChI=1S/C14H21NO2/c1-14(16,10-12-6-4-8-15-12)11-5-3-7-13(9-11)17-2/h3,5,7,9,12,15-16H,4,6,8,10H2,1-2H3. The lowest BCUT2D eigenvalue weighted by atomic mass is 9.88. The monoisotopic (exact) mass is 235 g/mol. The summed E-state index contributed by atoms with van der Waals surface area (Å²) in [6, 6.07) is 8.11. The first-order valence-electron chi connectivity index (χ1n) is 6.22. The van der Waals surface area contributed by atoms with Crippen molar-refractivity contribution < 1.29 is 9.84 Å². The van der Waals surface area contributed by atoms with E-state index in [1.54, 1.807) is 7.11 Å². The van der Waals surface area contributed by atoms with Crippen LogP contribution in [0.5, 0.6) is 5.75 Å². The SMILES string of the molecule is COc1cccc(C(C)(O)CC2CCCN2)c1. The van der Waals surface area contributed by atoms with Crippen molar-refractivity contribution in [2.24, 2.45) is 0 Å². The average molecular weight is 235 g/mol. The zero-order valence-corrected chi connectivity index (χ0v) is 10.6. The van der Waals surface area contributed by atoms with Gasteiger partial charge in [0.15, 0.2) is 0 Å². The molecular weight excluding hydrogens is 214 g/mol. The van der Waals surface area contributed by atoms with Gasteiger partial charge in [-0.2, -0.15) is 0 Å². The minimum Gasteiger partial charge on any atom is -0.497 e. The Morgan fingerprint density at radius 1 is 1.53 bits per heavy atom. The molecule has 3 nitrogen and oxygen atoms in total. The van der Waals surface area contributed by atoms with Crippen molar-refractivity contribution in [3.8, 4) is 5.75 Å². The number of aliphatic hydroxyl groups is 1. The summed E-state index contributed by atoms with van der Waals surface area (Å²) in [7, 11) is 1.65. The molecule has 2 N–H and O–H groups in total. The number of hydrogen-bond donors (Lipinski definition) is 2. The minimum atomic E-state index is -0.795. The second-order valence-electron chi connectivity index (χ2n) is 5.00. The van der Waals surface area contributed by atoms with Crippen LogP contribution in [0.15, 0.2) is 24.3 Å². The zero-order chi connectivity index (χ0) is 12.3. The van der Waals surface area contributed by atoms with Crippen LogP contribution in [-0.4, -0.2) is 24.8 Å². The molecule has 94 valence electrons. The van der Waals surface area contributed by atoms with Gasteiger partial charge in [0.25, 0.3) is 0 Å². The van der Waals surface area contributed by atoms with Crippen molar-refractivity contribution in [3.63, 3.8) is 0 Å². The van der Waals surface area contributed by atoms with Crippen molar-refractivity contribution in [3.05, 3.63) is 29.8 Å². The molecule has 1 aliphatic rings. The van der Waals surface area contributed by atoms with Gasteiger partial charge in [0, 0.05) is 6.04 Å². The molecule has 2 atom stereocenters. The molecule has 1 fully saturated rings. The summed E-state index contributed by atoms with van der Waals surface area (Å²) < 4.78 is 5.19. The quantitative estimate of drug-likeness (QED) is 0.839. The molecule has 0 bridgehead atoms. The summed E-state index contributed by atoms with van der Waals surface area (Å²) in [5, 5.41) is 14.0. The van der Waals surface area contributed by atoms with Gasteiger partial charge >= 0.3 is 0 Å². The zero-order valence-electron chi connectivity index (χ0n) is 10.6. The molecule has 1 saturated heterocycles. The van der Waals surface area contributed by atoms with Gasteiger partial charge in [-0.15, -0.1) is 0 Å². The summed E-state index contributed by atoms with van der Waals surface area (Å²) in [4.78, 5) is 0. The lowest BCUT2D eigenvalue weighted by Gasteiger charge is -2.27. The van der Waals surface area contributed by atoms with Crippen molar-refractivity contribution >= 4 is 0 Å². The molecule has 0 amide bonds. The Labute approximate surface area is 103 Å². The van der Waals surface area contributed by atoms with E-state index in [1.807, 2.05) is 31.2 Å². The topological polar surface area (TPSA) is 41.5 Å². The van der Waals surface area contributed by atoms with Crippen molar-refractivity contribution in [2.75, 3.05) is 13.7 Å². The molecule has 0 aliphatic carbocycles. The maximum atomic E-state index is 10.6. The van der Waals surface area contributed by atoms with Crippen molar-refractivity contribution in [1.29, 1.82) is 0 Å². The molecule has 1 aliphatic heterocycles.